The topological polar surface area (TPSA) is 137 Å². The first-order chi connectivity index (χ1) is 15.1. The number of carbonyl (C=O) groups excluding carboxylic acids is 3. The van der Waals surface area contributed by atoms with Crippen LogP contribution in [0.2, 0.25) is 0 Å². The van der Waals surface area contributed by atoms with Gasteiger partial charge in [-0.05, 0) is 37.1 Å². The molecule has 0 bridgehead atoms. The van der Waals surface area contributed by atoms with Gasteiger partial charge < -0.3 is 20.5 Å². The first kappa shape index (κ1) is 24.3. The Balaban J connectivity index is 2.23. The van der Waals surface area contributed by atoms with E-state index >= 15 is 0 Å². The van der Waals surface area contributed by atoms with Crippen LogP contribution in [0.15, 0.2) is 36.8 Å². The van der Waals surface area contributed by atoms with Crippen molar-refractivity contribution in [3.63, 3.8) is 0 Å². The number of aromatic nitrogens is 2. The number of nitrogens with zero attached hydrogens (tertiary/aromatic N) is 2. The van der Waals surface area contributed by atoms with Crippen molar-refractivity contribution >= 4 is 17.8 Å². The van der Waals surface area contributed by atoms with Crippen LogP contribution < -0.4 is 21.4 Å². The Morgan fingerprint density at radius 1 is 1.19 bits per heavy atom. The van der Waals surface area contributed by atoms with E-state index < -0.39 is 35.9 Å². The molecule has 0 spiro atoms. The number of nitrogens with one attached hydrogen (secondary N) is 4. The van der Waals surface area contributed by atoms with Gasteiger partial charge in [0.25, 0.3) is 18.2 Å². The van der Waals surface area contributed by atoms with Crippen LogP contribution >= 0.6 is 0 Å². The lowest BCUT2D eigenvalue weighted by molar-refractivity contribution is -0.135. The molecular formula is C20H22F2N6O4. The van der Waals surface area contributed by atoms with Gasteiger partial charge in [-0.2, -0.15) is 0 Å². The number of benzene rings is 1. The maximum Gasteiger partial charge on any atom is 0.315 e. The Morgan fingerprint density at radius 3 is 2.34 bits per heavy atom. The van der Waals surface area contributed by atoms with Gasteiger partial charge in [-0.15, -0.1) is 0 Å². The highest BCUT2D eigenvalue weighted by atomic mass is 19.3. The van der Waals surface area contributed by atoms with Crippen molar-refractivity contribution in [2.45, 2.75) is 24.9 Å². The van der Waals surface area contributed by atoms with E-state index in [-0.39, 0.29) is 5.56 Å². The van der Waals surface area contributed by atoms with E-state index in [1.165, 1.54) is 36.8 Å². The average molecular weight is 448 g/mol. The second kappa shape index (κ2) is 10.4. The molecule has 1 heterocycles. The standard InChI is InChI=1S/C20H22F2N6O4/c1-20(18(21)22,26-19(31)23-2)15(17(30)27-32)25-16(29)13-7-4-12(5-8-13)6-9-14-10-28(3)11-24-14/h4-5,7-8,10-11,15,18,32H,1-3H3,(H,25,29)(H,27,30)(H2,23,26,31)/t15-,20?/m1/s1. The third-order valence-corrected chi connectivity index (χ3v) is 4.50. The molecule has 0 aliphatic heterocycles. The first-order valence-electron chi connectivity index (χ1n) is 9.23. The minimum atomic E-state index is -3.27. The number of urea groups is 1. The fourth-order valence-electron chi connectivity index (χ4n) is 2.65. The van der Waals surface area contributed by atoms with Crippen molar-refractivity contribution < 1.29 is 28.4 Å². The van der Waals surface area contributed by atoms with Gasteiger partial charge in [-0.1, -0.05) is 5.92 Å². The van der Waals surface area contributed by atoms with Crippen LogP contribution in [-0.4, -0.2) is 57.7 Å². The minimum absolute atomic E-state index is 0.0423. The molecule has 2 rings (SSSR count). The molecular weight excluding hydrogens is 426 g/mol. The number of alkyl halides is 2. The van der Waals surface area contributed by atoms with Gasteiger partial charge in [0.15, 0.2) is 0 Å². The highest BCUT2D eigenvalue weighted by molar-refractivity contribution is 5.98. The Hall–Kier alpha value is -3.98. The molecule has 0 saturated carbocycles. The van der Waals surface area contributed by atoms with Crippen molar-refractivity contribution in [2.75, 3.05) is 7.05 Å². The van der Waals surface area contributed by atoms with E-state index in [1.54, 1.807) is 24.1 Å². The third-order valence-electron chi connectivity index (χ3n) is 4.50. The first-order valence-corrected chi connectivity index (χ1v) is 9.23. The molecule has 2 atom stereocenters. The van der Waals surface area contributed by atoms with E-state index in [1.807, 2.05) is 5.32 Å². The van der Waals surface area contributed by atoms with E-state index in [9.17, 15) is 23.2 Å². The smallest absolute Gasteiger partial charge is 0.315 e. The molecule has 32 heavy (non-hydrogen) atoms. The summed E-state index contributed by atoms with van der Waals surface area (Å²) in [7, 11) is 3.00. The Kier molecular flexibility index (Phi) is 7.86. The second-order valence-electron chi connectivity index (χ2n) is 6.92. The molecule has 0 aliphatic rings. The number of aryl methyl sites for hydroxylation is 1. The maximum atomic E-state index is 13.8. The second-order valence-corrected chi connectivity index (χ2v) is 6.92. The highest BCUT2D eigenvalue weighted by Gasteiger charge is 2.48. The van der Waals surface area contributed by atoms with Crippen LogP contribution in [0.1, 0.15) is 28.5 Å². The number of halogens is 2. The highest BCUT2D eigenvalue weighted by Crippen LogP contribution is 2.21. The van der Waals surface area contributed by atoms with Crippen LogP contribution in [0.4, 0.5) is 13.6 Å². The predicted octanol–water partition coefficient (Wildman–Crippen LogP) is 0.377. The van der Waals surface area contributed by atoms with Gasteiger partial charge in [-0.3, -0.25) is 14.8 Å². The van der Waals surface area contributed by atoms with E-state index in [0.29, 0.717) is 11.3 Å². The Labute approximate surface area is 182 Å². The summed E-state index contributed by atoms with van der Waals surface area (Å²) >= 11 is 0. The number of hydrogen-bond acceptors (Lipinski definition) is 5. The third kappa shape index (κ3) is 5.79. The van der Waals surface area contributed by atoms with E-state index in [2.05, 4.69) is 27.5 Å². The van der Waals surface area contributed by atoms with Crippen LogP contribution in [0.3, 0.4) is 0 Å². The Morgan fingerprint density at radius 2 is 1.84 bits per heavy atom. The normalized spacial score (nSPS) is 13.2. The van der Waals surface area contributed by atoms with E-state index in [0.717, 1.165) is 6.92 Å². The number of rotatable bonds is 6. The van der Waals surface area contributed by atoms with Crippen LogP contribution in [0, 0.1) is 11.8 Å². The molecule has 0 radical (unpaired) electrons. The fourth-order valence-corrected chi connectivity index (χ4v) is 2.65. The number of hydrogen-bond donors (Lipinski definition) is 5. The number of hydroxylamine groups is 1. The number of carbonyl (C=O) groups is 3. The quantitative estimate of drug-likeness (QED) is 0.247. The van der Waals surface area contributed by atoms with Crippen molar-refractivity contribution in [3.05, 3.63) is 53.6 Å². The SMILES string of the molecule is CNC(=O)NC(C)(C(F)F)[C@H](NC(=O)c1ccc(C#Cc2cn(C)cn2)cc1)C(=O)NO. The molecule has 0 aliphatic carbocycles. The van der Waals surface area contributed by atoms with Crippen molar-refractivity contribution in [3.8, 4) is 11.8 Å². The molecule has 1 aromatic carbocycles. The van der Waals surface area contributed by atoms with Crippen LogP contribution in [0.5, 0.6) is 0 Å². The summed E-state index contributed by atoms with van der Waals surface area (Å²) in [4.78, 5) is 40.4. The minimum Gasteiger partial charge on any atom is -0.341 e. The molecule has 5 N–H and O–H groups in total. The summed E-state index contributed by atoms with van der Waals surface area (Å²) in [5.41, 5.74) is -0.134. The van der Waals surface area contributed by atoms with Gasteiger partial charge in [-0.25, -0.2) is 24.0 Å². The van der Waals surface area contributed by atoms with Crippen LogP contribution in [0.25, 0.3) is 0 Å². The number of imidazole rings is 1. The fraction of sp³-hybridized carbons (Fsp3) is 0.300. The zero-order valence-electron chi connectivity index (χ0n) is 17.4. The summed E-state index contributed by atoms with van der Waals surface area (Å²) in [5.74, 6) is 3.50. The molecule has 1 unspecified atom stereocenters. The van der Waals surface area contributed by atoms with Gasteiger partial charge in [0.05, 0.1) is 6.33 Å². The predicted molar refractivity (Wildman–Crippen MR) is 109 cm³/mol. The monoisotopic (exact) mass is 448 g/mol. The van der Waals surface area contributed by atoms with Gasteiger partial charge in [0.2, 0.25) is 0 Å². The summed E-state index contributed by atoms with van der Waals surface area (Å²) in [6, 6.07) is 2.83. The summed E-state index contributed by atoms with van der Waals surface area (Å²) in [5, 5.41) is 15.1. The number of amides is 4. The van der Waals surface area contributed by atoms with Crippen LogP contribution in [-0.2, 0) is 11.8 Å². The molecule has 4 amide bonds. The zero-order valence-corrected chi connectivity index (χ0v) is 17.4. The van der Waals surface area contributed by atoms with E-state index in [4.69, 9.17) is 5.21 Å². The molecule has 0 saturated heterocycles. The zero-order chi connectivity index (χ0) is 23.9. The van der Waals surface area contributed by atoms with Gasteiger partial charge in [0, 0.05) is 31.4 Å². The molecule has 0 fully saturated rings. The lowest BCUT2D eigenvalue weighted by atomic mass is 9.91. The Bertz CT molecular complexity index is 1040. The summed E-state index contributed by atoms with van der Waals surface area (Å²) in [6.07, 6.45) is 0.0583. The summed E-state index contributed by atoms with van der Waals surface area (Å²) < 4.78 is 29.3. The van der Waals surface area contributed by atoms with Gasteiger partial charge in [0.1, 0.15) is 17.3 Å². The van der Waals surface area contributed by atoms with Crippen molar-refractivity contribution in [1.29, 1.82) is 0 Å². The maximum absolute atomic E-state index is 13.8. The molecule has 10 nitrogen and oxygen atoms in total. The lowest BCUT2D eigenvalue weighted by Crippen LogP contribution is -2.69. The molecule has 170 valence electrons. The largest absolute Gasteiger partial charge is 0.341 e. The summed E-state index contributed by atoms with van der Waals surface area (Å²) in [6.45, 7) is 0.864. The van der Waals surface area contributed by atoms with Crippen molar-refractivity contribution in [1.82, 2.24) is 31.0 Å². The lowest BCUT2D eigenvalue weighted by Gasteiger charge is -2.36. The van der Waals surface area contributed by atoms with Gasteiger partial charge >= 0.3 is 6.03 Å². The molecule has 12 heteroatoms. The molecule has 2 aromatic rings. The van der Waals surface area contributed by atoms with Crippen molar-refractivity contribution in [2.24, 2.45) is 7.05 Å². The average Bonchev–Trinajstić information content (AvgIpc) is 3.20. The molecule has 1 aromatic heterocycles.